The standard InChI is InChI=1S/C12H17N3OS/c1-14(2)7-4-8-15-12(16)9-5-3-6-10(13)11(9)17-15/h3,5-6H,4,7-8,13H2,1-2H3. The van der Waals surface area contributed by atoms with Crippen molar-refractivity contribution in [2.24, 2.45) is 0 Å². The quantitative estimate of drug-likeness (QED) is 0.840. The Hall–Kier alpha value is -1.33. The van der Waals surface area contributed by atoms with Crippen molar-refractivity contribution in [3.8, 4) is 0 Å². The number of nitrogens with two attached hydrogens (primary N) is 1. The third-order valence-electron chi connectivity index (χ3n) is 2.67. The summed E-state index contributed by atoms with van der Waals surface area (Å²) in [5.74, 6) is 0. The first-order valence-corrected chi connectivity index (χ1v) is 6.40. The van der Waals surface area contributed by atoms with Gasteiger partial charge in [0.25, 0.3) is 5.56 Å². The molecule has 2 N–H and O–H groups in total. The summed E-state index contributed by atoms with van der Waals surface area (Å²) in [5, 5.41) is 0.736. The number of hydrogen-bond acceptors (Lipinski definition) is 4. The molecule has 0 amide bonds. The lowest BCUT2D eigenvalue weighted by Crippen LogP contribution is -2.18. The maximum Gasteiger partial charge on any atom is 0.268 e. The maximum atomic E-state index is 12.1. The summed E-state index contributed by atoms with van der Waals surface area (Å²) < 4.78 is 2.70. The second-order valence-electron chi connectivity index (χ2n) is 4.38. The number of nitrogen functional groups attached to an aromatic ring is 1. The van der Waals surface area contributed by atoms with E-state index >= 15 is 0 Å². The zero-order valence-corrected chi connectivity index (χ0v) is 11.0. The Balaban J connectivity index is 2.27. The van der Waals surface area contributed by atoms with Gasteiger partial charge in [0.2, 0.25) is 0 Å². The highest BCUT2D eigenvalue weighted by molar-refractivity contribution is 7.14. The van der Waals surface area contributed by atoms with Crippen molar-refractivity contribution in [2.45, 2.75) is 13.0 Å². The van der Waals surface area contributed by atoms with E-state index in [0.29, 0.717) is 5.69 Å². The van der Waals surface area contributed by atoms with Gasteiger partial charge in [0.05, 0.1) is 15.8 Å². The maximum absolute atomic E-state index is 12.1. The van der Waals surface area contributed by atoms with Crippen LogP contribution in [-0.2, 0) is 6.54 Å². The molecule has 0 spiro atoms. The van der Waals surface area contributed by atoms with Crippen molar-refractivity contribution >= 4 is 27.3 Å². The number of hydrogen-bond donors (Lipinski definition) is 1. The number of benzene rings is 1. The Labute approximate surface area is 104 Å². The number of aryl methyl sites for hydroxylation is 1. The molecular formula is C12H17N3OS. The van der Waals surface area contributed by atoms with Gasteiger partial charge < -0.3 is 10.6 Å². The smallest absolute Gasteiger partial charge is 0.268 e. The lowest BCUT2D eigenvalue weighted by Gasteiger charge is -2.08. The molecule has 1 heterocycles. The molecule has 0 bridgehead atoms. The molecule has 0 aliphatic heterocycles. The van der Waals surface area contributed by atoms with Gasteiger partial charge in [0.15, 0.2) is 0 Å². The molecular weight excluding hydrogens is 234 g/mol. The van der Waals surface area contributed by atoms with E-state index in [9.17, 15) is 4.79 Å². The van der Waals surface area contributed by atoms with Gasteiger partial charge in [-0.2, -0.15) is 0 Å². The molecule has 1 aromatic heterocycles. The van der Waals surface area contributed by atoms with Crippen LogP contribution in [0.15, 0.2) is 23.0 Å². The van der Waals surface area contributed by atoms with Crippen LogP contribution in [0.2, 0.25) is 0 Å². The van der Waals surface area contributed by atoms with E-state index in [2.05, 4.69) is 4.90 Å². The number of aromatic nitrogens is 1. The molecule has 5 heteroatoms. The monoisotopic (exact) mass is 251 g/mol. The van der Waals surface area contributed by atoms with Crippen molar-refractivity contribution < 1.29 is 0 Å². The van der Waals surface area contributed by atoms with Crippen LogP contribution in [0.5, 0.6) is 0 Å². The molecule has 1 aromatic carbocycles. The van der Waals surface area contributed by atoms with Crippen LogP contribution >= 0.6 is 11.5 Å². The van der Waals surface area contributed by atoms with Gasteiger partial charge >= 0.3 is 0 Å². The second kappa shape index (κ2) is 4.89. The molecule has 17 heavy (non-hydrogen) atoms. The van der Waals surface area contributed by atoms with Crippen molar-refractivity contribution in [2.75, 3.05) is 26.4 Å². The fraction of sp³-hybridized carbons (Fsp3) is 0.417. The molecule has 2 aromatic rings. The van der Waals surface area contributed by atoms with Gasteiger partial charge in [-0.3, -0.25) is 8.75 Å². The van der Waals surface area contributed by atoms with Gasteiger partial charge in [-0.05, 0) is 39.2 Å². The minimum absolute atomic E-state index is 0.0797. The van der Waals surface area contributed by atoms with Crippen LogP contribution in [0.25, 0.3) is 10.1 Å². The molecule has 0 aliphatic carbocycles. The predicted molar refractivity (Wildman–Crippen MR) is 73.7 cm³/mol. The molecule has 0 atom stereocenters. The van der Waals surface area contributed by atoms with Gasteiger partial charge in [0.1, 0.15) is 0 Å². The summed E-state index contributed by atoms with van der Waals surface area (Å²) in [6.07, 6.45) is 0.972. The third kappa shape index (κ3) is 2.50. The molecule has 0 saturated carbocycles. The molecule has 0 fully saturated rings. The molecule has 0 unspecified atom stereocenters. The summed E-state index contributed by atoms with van der Waals surface area (Å²) in [5.41, 5.74) is 6.64. The van der Waals surface area contributed by atoms with Crippen LogP contribution in [-0.4, -0.2) is 29.5 Å². The Morgan fingerprint density at radius 2 is 2.18 bits per heavy atom. The van der Waals surface area contributed by atoms with Crippen LogP contribution in [0.1, 0.15) is 6.42 Å². The van der Waals surface area contributed by atoms with E-state index in [1.807, 2.05) is 32.3 Å². The zero-order valence-electron chi connectivity index (χ0n) is 10.1. The highest BCUT2D eigenvalue weighted by atomic mass is 32.1. The van der Waals surface area contributed by atoms with Crippen LogP contribution in [0, 0.1) is 0 Å². The zero-order chi connectivity index (χ0) is 12.4. The largest absolute Gasteiger partial charge is 0.398 e. The SMILES string of the molecule is CN(C)CCCn1sc2c(N)cccc2c1=O. The Bertz CT molecular complexity index is 571. The van der Waals surface area contributed by atoms with Gasteiger partial charge in [-0.15, -0.1) is 0 Å². The first-order chi connectivity index (χ1) is 8.09. The average molecular weight is 251 g/mol. The van der Waals surface area contributed by atoms with Gasteiger partial charge in [-0.25, -0.2) is 0 Å². The number of anilines is 1. The summed E-state index contributed by atoms with van der Waals surface area (Å²) in [4.78, 5) is 14.2. The minimum atomic E-state index is 0.0797. The van der Waals surface area contributed by atoms with E-state index in [1.54, 1.807) is 3.96 Å². The second-order valence-corrected chi connectivity index (χ2v) is 5.41. The first kappa shape index (κ1) is 12.1. The Morgan fingerprint density at radius 3 is 2.82 bits per heavy atom. The predicted octanol–water partition coefficient (Wildman–Crippen LogP) is 1.60. The van der Waals surface area contributed by atoms with Gasteiger partial charge in [-0.1, -0.05) is 17.6 Å². The van der Waals surface area contributed by atoms with E-state index in [0.717, 1.165) is 29.6 Å². The fourth-order valence-corrected chi connectivity index (χ4v) is 2.84. The number of rotatable bonds is 4. The summed E-state index contributed by atoms with van der Waals surface area (Å²) in [6, 6.07) is 5.51. The average Bonchev–Trinajstić information content (AvgIpc) is 2.58. The van der Waals surface area contributed by atoms with E-state index in [-0.39, 0.29) is 5.56 Å². The summed E-state index contributed by atoms with van der Waals surface area (Å²) in [7, 11) is 4.07. The van der Waals surface area contributed by atoms with Crippen molar-refractivity contribution in [3.63, 3.8) is 0 Å². The highest BCUT2D eigenvalue weighted by Gasteiger charge is 2.08. The Morgan fingerprint density at radius 1 is 1.41 bits per heavy atom. The minimum Gasteiger partial charge on any atom is -0.398 e. The summed E-state index contributed by atoms with van der Waals surface area (Å²) in [6.45, 7) is 1.74. The van der Waals surface area contributed by atoms with Crippen molar-refractivity contribution in [1.82, 2.24) is 8.86 Å². The van der Waals surface area contributed by atoms with Gasteiger partial charge in [0, 0.05) is 6.54 Å². The number of fused-ring (bicyclic) bond motifs is 1. The lowest BCUT2D eigenvalue weighted by molar-refractivity contribution is 0.389. The molecule has 0 aliphatic rings. The normalized spacial score (nSPS) is 11.5. The summed E-state index contributed by atoms with van der Waals surface area (Å²) >= 11 is 1.46. The topological polar surface area (TPSA) is 51.3 Å². The molecule has 92 valence electrons. The van der Waals surface area contributed by atoms with Crippen molar-refractivity contribution in [1.29, 1.82) is 0 Å². The highest BCUT2D eigenvalue weighted by Crippen LogP contribution is 2.23. The Kier molecular flexibility index (Phi) is 3.49. The molecule has 0 saturated heterocycles. The lowest BCUT2D eigenvalue weighted by atomic mass is 10.2. The van der Waals surface area contributed by atoms with E-state index in [1.165, 1.54) is 11.5 Å². The molecule has 0 radical (unpaired) electrons. The number of nitrogens with zero attached hydrogens (tertiary/aromatic N) is 2. The van der Waals surface area contributed by atoms with Crippen LogP contribution in [0.4, 0.5) is 5.69 Å². The molecule has 2 rings (SSSR count). The van der Waals surface area contributed by atoms with E-state index in [4.69, 9.17) is 5.73 Å². The fourth-order valence-electron chi connectivity index (χ4n) is 1.79. The third-order valence-corrected chi connectivity index (χ3v) is 3.88. The molecule has 4 nitrogen and oxygen atoms in total. The van der Waals surface area contributed by atoms with Crippen LogP contribution < -0.4 is 11.3 Å². The first-order valence-electron chi connectivity index (χ1n) is 5.62. The van der Waals surface area contributed by atoms with Crippen LogP contribution in [0.3, 0.4) is 0 Å². The van der Waals surface area contributed by atoms with E-state index < -0.39 is 0 Å². The van der Waals surface area contributed by atoms with Crippen molar-refractivity contribution in [3.05, 3.63) is 28.6 Å².